The minimum absolute atomic E-state index is 0.114. The van der Waals surface area contributed by atoms with Gasteiger partial charge in [0.2, 0.25) is 21.9 Å². The maximum Gasteiger partial charge on any atom is 0.243 e. The first-order valence-electron chi connectivity index (χ1n) is 12.3. The highest BCUT2D eigenvalue weighted by Crippen LogP contribution is 2.38. The summed E-state index contributed by atoms with van der Waals surface area (Å²) in [5.74, 6) is 1.50. The van der Waals surface area contributed by atoms with Crippen molar-refractivity contribution in [1.82, 2.24) is 29.7 Å². The third kappa shape index (κ3) is 5.82. The number of sulfonamides is 1. The first kappa shape index (κ1) is 28.7. The lowest BCUT2D eigenvalue weighted by atomic mass is 10.2. The third-order valence-electron chi connectivity index (χ3n) is 5.99. The van der Waals surface area contributed by atoms with Crippen molar-refractivity contribution < 1.29 is 27.4 Å². The minimum atomic E-state index is -4.14. The van der Waals surface area contributed by atoms with Gasteiger partial charge in [-0.05, 0) is 44.5 Å². The fourth-order valence-corrected chi connectivity index (χ4v) is 5.11. The van der Waals surface area contributed by atoms with E-state index in [0.29, 0.717) is 35.4 Å². The van der Waals surface area contributed by atoms with Crippen LogP contribution in [0.25, 0.3) is 17.2 Å². The molecule has 0 bridgehead atoms. The molecule has 0 radical (unpaired) electrons. The van der Waals surface area contributed by atoms with E-state index in [1.165, 1.54) is 32.8 Å². The number of anilines is 1. The van der Waals surface area contributed by atoms with Crippen molar-refractivity contribution in [2.45, 2.75) is 32.1 Å². The lowest BCUT2D eigenvalue weighted by Crippen LogP contribution is -2.33. The van der Waals surface area contributed by atoms with Gasteiger partial charge in [0.25, 0.3) is 0 Å². The Morgan fingerprint density at radius 1 is 0.975 bits per heavy atom. The molecule has 4 aromatic rings. The smallest absolute Gasteiger partial charge is 0.243 e. The number of para-hydroxylation sites is 1. The largest absolute Gasteiger partial charge is 0.494 e. The Morgan fingerprint density at radius 2 is 1.68 bits per heavy atom. The molecule has 0 unspecified atom stereocenters. The van der Waals surface area contributed by atoms with Crippen LogP contribution in [-0.2, 0) is 14.8 Å². The lowest BCUT2D eigenvalue weighted by molar-refractivity contribution is 0.0949. The summed E-state index contributed by atoms with van der Waals surface area (Å²) in [4.78, 5) is 13.0. The summed E-state index contributed by atoms with van der Waals surface area (Å²) in [5.41, 5.74) is 1.59. The summed E-state index contributed by atoms with van der Waals surface area (Å²) >= 11 is 0. The molecular formula is C26H31N7O6S. The number of benzene rings is 1. The summed E-state index contributed by atoms with van der Waals surface area (Å²) in [6, 6.07) is 10.3. The average Bonchev–Trinajstić information content (AvgIpc) is 3.36. The minimum Gasteiger partial charge on any atom is -0.494 e. The summed E-state index contributed by atoms with van der Waals surface area (Å²) < 4.78 is 53.8. The van der Waals surface area contributed by atoms with E-state index in [4.69, 9.17) is 18.9 Å². The molecule has 0 saturated carbocycles. The molecule has 0 aliphatic heterocycles. The van der Waals surface area contributed by atoms with E-state index in [2.05, 4.69) is 29.9 Å². The monoisotopic (exact) mass is 569 g/mol. The van der Waals surface area contributed by atoms with Crippen LogP contribution in [-0.4, -0.2) is 71.3 Å². The van der Waals surface area contributed by atoms with Gasteiger partial charge in [-0.2, -0.15) is 0 Å². The van der Waals surface area contributed by atoms with Crippen molar-refractivity contribution >= 4 is 16.0 Å². The highest BCUT2D eigenvalue weighted by Gasteiger charge is 2.35. The number of hydrogen-bond acceptors (Lipinski definition) is 11. The highest BCUT2D eigenvalue weighted by atomic mass is 32.2. The molecule has 0 amide bonds. The Hall–Kier alpha value is -4.30. The first-order valence-corrected chi connectivity index (χ1v) is 13.9. The third-order valence-corrected chi connectivity index (χ3v) is 7.68. The number of rotatable bonds is 12. The Labute approximate surface area is 232 Å². The van der Waals surface area contributed by atoms with E-state index in [1.54, 1.807) is 48.8 Å². The molecule has 0 saturated heterocycles. The predicted molar refractivity (Wildman–Crippen MR) is 147 cm³/mol. The van der Waals surface area contributed by atoms with Crippen molar-refractivity contribution in [2.24, 2.45) is 0 Å². The Morgan fingerprint density at radius 3 is 2.33 bits per heavy atom. The molecule has 40 heavy (non-hydrogen) atoms. The molecule has 14 heteroatoms. The van der Waals surface area contributed by atoms with Crippen LogP contribution in [0, 0.1) is 6.92 Å². The van der Waals surface area contributed by atoms with Gasteiger partial charge in [0.1, 0.15) is 34.2 Å². The molecule has 0 aliphatic carbocycles. The van der Waals surface area contributed by atoms with E-state index >= 15 is 0 Å². The lowest BCUT2D eigenvalue weighted by Gasteiger charge is -2.23. The van der Waals surface area contributed by atoms with Crippen LogP contribution in [0.3, 0.4) is 0 Å². The number of nitrogens with one attached hydrogen (secondary N) is 1. The SMILES string of the molecule is CCOc1cccc(OC)c1-n1c(NS(=O)(=O)[C@@H](C)[C@H](OC)c2ncc(C)cn2)nnc1-c1cccc(OC)n1. The van der Waals surface area contributed by atoms with Gasteiger partial charge in [-0.1, -0.05) is 12.1 Å². The number of ether oxygens (including phenoxy) is 4. The normalized spacial score (nSPS) is 12.9. The van der Waals surface area contributed by atoms with Gasteiger partial charge in [-0.25, -0.2) is 23.4 Å². The molecule has 0 aliphatic rings. The molecule has 13 nitrogen and oxygen atoms in total. The van der Waals surface area contributed by atoms with Crippen LogP contribution >= 0.6 is 0 Å². The van der Waals surface area contributed by atoms with Crippen molar-refractivity contribution in [3.8, 4) is 34.6 Å². The zero-order valence-corrected chi connectivity index (χ0v) is 23.8. The van der Waals surface area contributed by atoms with Gasteiger partial charge in [-0.15, -0.1) is 10.2 Å². The van der Waals surface area contributed by atoms with E-state index in [1.807, 2.05) is 13.8 Å². The maximum atomic E-state index is 13.7. The summed E-state index contributed by atoms with van der Waals surface area (Å²) in [6.07, 6.45) is 2.24. The molecule has 1 aromatic carbocycles. The molecule has 3 heterocycles. The molecule has 2 atom stereocenters. The van der Waals surface area contributed by atoms with Gasteiger partial charge in [0.15, 0.2) is 11.6 Å². The molecule has 0 fully saturated rings. The standard InChI is InChI=1S/C26H31N7O6S/c1-7-39-20-12-9-11-19(36-4)22(20)33-25(18-10-8-13-21(29-18)37-5)30-31-26(33)32-40(34,35)17(3)23(38-6)24-27-14-16(2)15-28-24/h8-15,17,23H,7H2,1-6H3,(H,31,32)/t17-,23-/m0/s1. The Balaban J connectivity index is 1.86. The van der Waals surface area contributed by atoms with Crippen LogP contribution in [0.1, 0.15) is 31.3 Å². The maximum absolute atomic E-state index is 13.7. The molecule has 3 aromatic heterocycles. The van der Waals surface area contributed by atoms with Crippen molar-refractivity contribution in [2.75, 3.05) is 32.7 Å². The van der Waals surface area contributed by atoms with Gasteiger partial charge in [-0.3, -0.25) is 9.29 Å². The first-order chi connectivity index (χ1) is 19.2. The quantitative estimate of drug-likeness (QED) is 0.267. The Bertz CT molecular complexity index is 1560. The molecule has 4 rings (SSSR count). The summed E-state index contributed by atoms with van der Waals surface area (Å²) in [5, 5.41) is 7.37. The van der Waals surface area contributed by atoms with Crippen LogP contribution < -0.4 is 18.9 Å². The van der Waals surface area contributed by atoms with Crippen LogP contribution in [0.15, 0.2) is 48.8 Å². The molecular weight excluding hydrogens is 538 g/mol. The molecule has 212 valence electrons. The molecule has 0 spiro atoms. The number of aromatic nitrogens is 6. The second-order valence-corrected chi connectivity index (χ2v) is 10.7. The number of methoxy groups -OCH3 is 3. The van der Waals surface area contributed by atoms with E-state index in [-0.39, 0.29) is 17.6 Å². The predicted octanol–water partition coefficient (Wildman–Crippen LogP) is 3.36. The number of pyridine rings is 1. The van der Waals surface area contributed by atoms with Crippen molar-refractivity contribution in [1.29, 1.82) is 0 Å². The topological polar surface area (TPSA) is 152 Å². The fourth-order valence-electron chi connectivity index (χ4n) is 3.98. The number of nitrogens with zero attached hydrogens (tertiary/aromatic N) is 6. The summed E-state index contributed by atoms with van der Waals surface area (Å²) in [7, 11) is 0.250. The van der Waals surface area contributed by atoms with Gasteiger partial charge in [0, 0.05) is 25.6 Å². The van der Waals surface area contributed by atoms with E-state index in [0.717, 1.165) is 5.56 Å². The van der Waals surface area contributed by atoms with Crippen molar-refractivity contribution in [3.05, 3.63) is 60.2 Å². The second-order valence-electron chi connectivity index (χ2n) is 8.61. The van der Waals surface area contributed by atoms with Gasteiger partial charge in [0.05, 0.1) is 20.8 Å². The van der Waals surface area contributed by atoms with Gasteiger partial charge < -0.3 is 18.9 Å². The number of aryl methyl sites for hydroxylation is 1. The fraction of sp³-hybridized carbons (Fsp3) is 0.346. The second kappa shape index (κ2) is 12.3. The van der Waals surface area contributed by atoms with E-state index < -0.39 is 21.4 Å². The van der Waals surface area contributed by atoms with Crippen molar-refractivity contribution in [3.63, 3.8) is 0 Å². The zero-order chi connectivity index (χ0) is 28.9. The highest BCUT2D eigenvalue weighted by molar-refractivity contribution is 7.93. The van der Waals surface area contributed by atoms with Crippen LogP contribution in [0.5, 0.6) is 17.4 Å². The Kier molecular flexibility index (Phi) is 8.80. The van der Waals surface area contributed by atoms with Crippen LogP contribution in [0.2, 0.25) is 0 Å². The average molecular weight is 570 g/mol. The zero-order valence-electron chi connectivity index (χ0n) is 23.0. The van der Waals surface area contributed by atoms with E-state index in [9.17, 15) is 8.42 Å². The summed E-state index contributed by atoms with van der Waals surface area (Å²) in [6.45, 7) is 5.52. The molecule has 1 N–H and O–H groups in total. The van der Waals surface area contributed by atoms with Gasteiger partial charge >= 0.3 is 0 Å². The van der Waals surface area contributed by atoms with Crippen LogP contribution in [0.4, 0.5) is 5.95 Å². The number of hydrogen-bond donors (Lipinski definition) is 1.